The normalized spacial score (nSPS) is 10.6. The van der Waals surface area contributed by atoms with Crippen molar-refractivity contribution in [3.05, 3.63) is 23.3 Å². The van der Waals surface area contributed by atoms with Gasteiger partial charge in [-0.2, -0.15) is 0 Å². The van der Waals surface area contributed by atoms with Gasteiger partial charge < -0.3 is 10.2 Å². The zero-order chi connectivity index (χ0) is 17.5. The van der Waals surface area contributed by atoms with Gasteiger partial charge in [-0.15, -0.1) is 0 Å². The van der Waals surface area contributed by atoms with Gasteiger partial charge in [0.15, 0.2) is 0 Å². The van der Waals surface area contributed by atoms with Crippen LogP contribution in [0.2, 0.25) is 0 Å². The molecular formula is C11H13NaO9S. The molecule has 1 rings (SSSR count). The van der Waals surface area contributed by atoms with Crippen molar-refractivity contribution in [2.45, 2.75) is 11.3 Å². The first kappa shape index (κ1) is 21.0. The van der Waals surface area contributed by atoms with Crippen LogP contribution < -0.4 is 2.81 Å². The summed E-state index contributed by atoms with van der Waals surface area (Å²) in [6, 6.07) is 2.06. The van der Waals surface area contributed by atoms with E-state index in [1.165, 1.54) is 0 Å². The van der Waals surface area contributed by atoms with Crippen LogP contribution in [0.25, 0.3) is 0 Å². The smallest absolute Gasteiger partial charge is 0.0452 e. The van der Waals surface area contributed by atoms with E-state index in [9.17, 15) is 18.0 Å². The molecule has 9 nitrogen and oxygen atoms in total. The summed E-state index contributed by atoms with van der Waals surface area (Å²) in [7, 11) is -4.92. The third-order valence-electron chi connectivity index (χ3n) is 2.27. The molecule has 0 aliphatic carbocycles. The number of aliphatic hydroxyl groups is 2. The van der Waals surface area contributed by atoms with Crippen molar-refractivity contribution in [2.24, 2.45) is 0 Å². The topological polar surface area (TPSA) is 169 Å². The van der Waals surface area contributed by atoms with Crippen LogP contribution in [-0.2, 0) is 10.1 Å². The number of aliphatic hydroxyl groups excluding tert-OH is 2. The summed E-state index contributed by atoms with van der Waals surface area (Å²) in [5.74, 6) is -3.23. The van der Waals surface area contributed by atoms with Crippen molar-refractivity contribution >= 4 is 52.8 Å². The Morgan fingerprint density at radius 3 is 1.55 bits per heavy atom. The number of carboxylic acids is 2. The minimum Gasteiger partial charge on any atom is -0.396 e. The predicted molar refractivity (Wildman–Crippen MR) is 74.4 cm³/mol. The molecule has 0 aliphatic heterocycles. The molecule has 0 atom stereocenters. The second kappa shape index (κ2) is 9.20. The summed E-state index contributed by atoms with van der Waals surface area (Å²) >= 11 is 0.344. The van der Waals surface area contributed by atoms with Crippen molar-refractivity contribution in [3.8, 4) is 0 Å². The van der Waals surface area contributed by atoms with Gasteiger partial charge in [-0.1, -0.05) is 0 Å². The summed E-state index contributed by atoms with van der Waals surface area (Å²) in [6.45, 7) is 0.188. The van der Waals surface area contributed by atoms with Gasteiger partial charge in [0.25, 0.3) is 0 Å². The fourth-order valence-electron chi connectivity index (χ4n) is 1.44. The second-order valence-corrected chi connectivity index (χ2v) is 6.59. The Hall–Kier alpha value is -1.01. The average molecular weight is 344 g/mol. The quantitative estimate of drug-likeness (QED) is 0.314. The van der Waals surface area contributed by atoms with E-state index in [0.717, 1.165) is 12.1 Å². The van der Waals surface area contributed by atoms with Crippen LogP contribution in [0, 0.1) is 0 Å². The maximum Gasteiger partial charge on any atom is 0.0452 e. The minimum absolute atomic E-state index is 0.0938. The summed E-state index contributed by atoms with van der Waals surface area (Å²) in [6.07, 6.45) is 0.500. The SMILES string of the molecule is O=C(O)c1c[c]([Na])cc(C(=O)O)c1S(=O)(=O)O.OCCCO. The van der Waals surface area contributed by atoms with Crippen molar-refractivity contribution in [1.82, 2.24) is 0 Å². The van der Waals surface area contributed by atoms with Crippen LogP contribution in [0.5, 0.6) is 0 Å². The first-order valence-electron chi connectivity index (χ1n) is 5.86. The van der Waals surface area contributed by atoms with Crippen molar-refractivity contribution in [2.75, 3.05) is 13.2 Å². The van der Waals surface area contributed by atoms with Gasteiger partial charge in [-0.25, -0.2) is 0 Å². The Labute approximate surface area is 143 Å². The first-order valence-corrected chi connectivity index (χ1v) is 8.30. The van der Waals surface area contributed by atoms with E-state index in [-0.39, 0.29) is 13.2 Å². The largest absolute Gasteiger partial charge is 0.396 e. The third-order valence-corrected chi connectivity index (χ3v) is 3.80. The van der Waals surface area contributed by atoms with Crippen LogP contribution in [-0.4, -0.2) is 86.5 Å². The van der Waals surface area contributed by atoms with Crippen molar-refractivity contribution in [1.29, 1.82) is 0 Å². The van der Waals surface area contributed by atoms with Crippen LogP contribution >= 0.6 is 0 Å². The molecule has 0 spiro atoms. The fraction of sp³-hybridized carbons (Fsp3) is 0.273. The number of rotatable bonds is 5. The Kier molecular flexibility index (Phi) is 8.78. The molecular weight excluding hydrogens is 331 g/mol. The number of carbonyl (C=O) groups is 2. The van der Waals surface area contributed by atoms with Crippen LogP contribution in [0.1, 0.15) is 27.1 Å². The van der Waals surface area contributed by atoms with Crippen LogP contribution in [0.15, 0.2) is 17.0 Å². The zero-order valence-electron chi connectivity index (χ0n) is 11.6. The Balaban J connectivity index is 0.000000763. The number of hydrogen-bond donors (Lipinski definition) is 5. The molecule has 22 heavy (non-hydrogen) atoms. The number of aromatic carboxylic acids is 2. The van der Waals surface area contributed by atoms with Gasteiger partial charge in [-0.05, 0) is 6.42 Å². The molecule has 0 bridgehead atoms. The van der Waals surface area contributed by atoms with E-state index in [0.29, 0.717) is 37.2 Å². The van der Waals surface area contributed by atoms with E-state index >= 15 is 0 Å². The van der Waals surface area contributed by atoms with Gasteiger partial charge in [0.2, 0.25) is 0 Å². The second-order valence-electron chi connectivity index (χ2n) is 4.08. The van der Waals surface area contributed by atoms with Gasteiger partial charge in [-0.3, -0.25) is 0 Å². The molecule has 11 heteroatoms. The Morgan fingerprint density at radius 2 is 1.36 bits per heavy atom. The molecule has 0 heterocycles. The van der Waals surface area contributed by atoms with Crippen LogP contribution in [0.3, 0.4) is 0 Å². The average Bonchev–Trinajstić information content (AvgIpc) is 2.37. The molecule has 0 radical (unpaired) electrons. The molecule has 0 unspecified atom stereocenters. The molecule has 1 aromatic rings. The minimum atomic E-state index is -4.92. The fourth-order valence-corrected chi connectivity index (χ4v) is 2.87. The summed E-state index contributed by atoms with van der Waals surface area (Å²) in [4.78, 5) is 20.6. The monoisotopic (exact) mass is 344 g/mol. The summed E-state index contributed by atoms with van der Waals surface area (Å²) in [5, 5.41) is 33.4. The molecule has 5 N–H and O–H groups in total. The standard InChI is InChI=1S/C8H5O7S.C3H8O2.Na/c9-7(10)4-2-1-3-5(8(11)12)6(4)16(13,14)15;4-2-1-3-5;/h2-3H,(H,9,10)(H,11,12)(H,13,14,15);4-5H,1-3H2;. The molecule has 0 saturated heterocycles. The van der Waals surface area contributed by atoms with Gasteiger partial charge in [0.05, 0.1) is 0 Å². The zero-order valence-corrected chi connectivity index (χ0v) is 14.4. The number of benzene rings is 1. The molecule has 0 saturated carbocycles. The molecule has 0 amide bonds. The van der Waals surface area contributed by atoms with Gasteiger partial charge in [0.1, 0.15) is 0 Å². The number of hydrogen-bond acceptors (Lipinski definition) is 6. The molecule has 0 aliphatic rings. The Bertz CT molecular complexity index is 617. The van der Waals surface area contributed by atoms with Crippen molar-refractivity contribution < 1.29 is 43.0 Å². The maximum atomic E-state index is 11.0. The summed E-state index contributed by atoms with van der Waals surface area (Å²) < 4.78 is 31.4. The van der Waals surface area contributed by atoms with E-state index in [2.05, 4.69) is 0 Å². The van der Waals surface area contributed by atoms with E-state index in [4.69, 9.17) is 25.0 Å². The van der Waals surface area contributed by atoms with Crippen molar-refractivity contribution in [3.63, 3.8) is 0 Å². The van der Waals surface area contributed by atoms with Crippen LogP contribution in [0.4, 0.5) is 0 Å². The van der Waals surface area contributed by atoms with Gasteiger partial charge >= 0.3 is 114 Å². The molecule has 0 fully saturated rings. The molecule has 118 valence electrons. The maximum absolute atomic E-state index is 11.0. The van der Waals surface area contributed by atoms with E-state index in [1.54, 1.807) is 0 Å². The predicted octanol–water partition coefficient (Wildman–Crippen LogP) is -1.52. The molecule has 1 aromatic carbocycles. The van der Waals surface area contributed by atoms with E-state index in [1.807, 2.05) is 0 Å². The first-order chi connectivity index (χ1) is 10.1. The Morgan fingerprint density at radius 1 is 1.00 bits per heavy atom. The summed E-state index contributed by atoms with van der Waals surface area (Å²) in [5.41, 5.74) is -1.48. The van der Waals surface area contributed by atoms with E-state index < -0.39 is 38.1 Å². The van der Waals surface area contributed by atoms with Gasteiger partial charge in [0, 0.05) is 13.2 Å². The molecule has 0 aromatic heterocycles. The third kappa shape index (κ3) is 6.40. The number of carboxylic acid groups (broad SMARTS) is 2.